The van der Waals surface area contributed by atoms with Gasteiger partial charge < -0.3 is 18.9 Å². The lowest BCUT2D eigenvalue weighted by atomic mass is 10.0. The van der Waals surface area contributed by atoms with Crippen LogP contribution in [0.3, 0.4) is 0 Å². The molecule has 2 heterocycles. The van der Waals surface area contributed by atoms with E-state index in [0.29, 0.717) is 24.5 Å². The molecule has 1 amide bonds. The molecule has 2 aliphatic rings. The first-order valence-electron chi connectivity index (χ1n) is 12.4. The van der Waals surface area contributed by atoms with Crippen molar-refractivity contribution in [2.24, 2.45) is 18.9 Å². The number of amides is 1. The number of ether oxygens (including phenoxy) is 2. The van der Waals surface area contributed by atoms with E-state index in [-0.39, 0.29) is 34.7 Å². The number of aromatic nitrogens is 2. The topological polar surface area (TPSA) is 106 Å². The van der Waals surface area contributed by atoms with Gasteiger partial charge in [0.2, 0.25) is 0 Å². The fraction of sp³-hybridized carbons (Fsp3) is 0.600. The number of nitrogens with zero attached hydrogens (tertiary/aromatic N) is 4. The van der Waals surface area contributed by atoms with Gasteiger partial charge in [-0.1, -0.05) is 6.92 Å². The SMILES string of the molecule is CO[C@@H]1CN(C)C(=O)c2cc(NS(=O)(=O)c3cn(C)cn3)ccc2OC[C@@H](C)N(CC2CC2)C[C@H]1C. The number of likely N-dealkylation sites (N-methyl/N-ethyl adjacent to an activating group) is 1. The summed E-state index contributed by atoms with van der Waals surface area (Å²) < 4.78 is 41.6. The number of hydrogen-bond donors (Lipinski definition) is 1. The maximum Gasteiger partial charge on any atom is 0.280 e. The highest BCUT2D eigenvalue weighted by Crippen LogP contribution is 2.32. The number of carbonyl (C=O) groups is 1. The first-order valence-corrected chi connectivity index (χ1v) is 13.9. The third kappa shape index (κ3) is 6.19. The van der Waals surface area contributed by atoms with E-state index in [4.69, 9.17) is 9.47 Å². The summed E-state index contributed by atoms with van der Waals surface area (Å²) in [7, 11) is 1.20. The van der Waals surface area contributed by atoms with E-state index in [2.05, 4.69) is 28.5 Å². The Balaban J connectivity index is 1.64. The number of imidazole rings is 1. The van der Waals surface area contributed by atoms with Crippen LogP contribution in [0.5, 0.6) is 5.75 Å². The highest BCUT2D eigenvalue weighted by atomic mass is 32.2. The maximum absolute atomic E-state index is 13.5. The summed E-state index contributed by atoms with van der Waals surface area (Å²) >= 11 is 0. The highest BCUT2D eigenvalue weighted by Gasteiger charge is 2.32. The minimum atomic E-state index is -3.91. The van der Waals surface area contributed by atoms with Crippen LogP contribution in [0, 0.1) is 11.8 Å². The van der Waals surface area contributed by atoms with Crippen LogP contribution in [-0.2, 0) is 21.8 Å². The Morgan fingerprint density at radius 3 is 2.58 bits per heavy atom. The lowest BCUT2D eigenvalue weighted by Gasteiger charge is -2.36. The van der Waals surface area contributed by atoms with Crippen molar-refractivity contribution in [2.45, 2.75) is 43.9 Å². The Morgan fingerprint density at radius 1 is 1.19 bits per heavy atom. The average Bonchev–Trinajstić information content (AvgIpc) is 3.55. The van der Waals surface area contributed by atoms with E-state index in [1.807, 2.05) is 0 Å². The molecular formula is C25H37N5O5S. The third-order valence-corrected chi connectivity index (χ3v) is 8.24. The second kappa shape index (κ2) is 10.8. The fourth-order valence-electron chi connectivity index (χ4n) is 4.54. The molecule has 1 aromatic carbocycles. The summed E-state index contributed by atoms with van der Waals surface area (Å²) in [5.41, 5.74) is 0.555. The molecular weight excluding hydrogens is 482 g/mol. The second-order valence-electron chi connectivity index (χ2n) is 10.2. The number of nitrogens with one attached hydrogen (secondary N) is 1. The minimum absolute atomic E-state index is 0.0982. The average molecular weight is 520 g/mol. The van der Waals surface area contributed by atoms with Crippen molar-refractivity contribution in [3.05, 3.63) is 36.3 Å². The van der Waals surface area contributed by atoms with Gasteiger partial charge >= 0.3 is 0 Å². The van der Waals surface area contributed by atoms with Gasteiger partial charge in [-0.3, -0.25) is 14.4 Å². The van der Waals surface area contributed by atoms with Crippen molar-refractivity contribution in [3.63, 3.8) is 0 Å². The number of aryl methyl sites for hydroxylation is 1. The molecule has 1 aliphatic heterocycles. The zero-order valence-electron chi connectivity index (χ0n) is 21.7. The molecule has 3 atom stereocenters. The maximum atomic E-state index is 13.5. The van der Waals surface area contributed by atoms with Gasteiger partial charge in [0.1, 0.15) is 12.4 Å². The van der Waals surface area contributed by atoms with E-state index in [9.17, 15) is 13.2 Å². The summed E-state index contributed by atoms with van der Waals surface area (Å²) in [5.74, 6) is 1.11. The zero-order valence-corrected chi connectivity index (χ0v) is 22.5. The summed E-state index contributed by atoms with van der Waals surface area (Å²) in [5, 5.41) is -0.0982. The molecule has 1 aromatic heterocycles. The van der Waals surface area contributed by atoms with Crippen LogP contribution < -0.4 is 9.46 Å². The van der Waals surface area contributed by atoms with Crippen LogP contribution in [0.1, 0.15) is 37.0 Å². The molecule has 2 aromatic rings. The molecule has 1 fully saturated rings. The van der Waals surface area contributed by atoms with E-state index in [1.54, 1.807) is 42.8 Å². The lowest BCUT2D eigenvalue weighted by molar-refractivity contribution is 0.00994. The van der Waals surface area contributed by atoms with Crippen molar-refractivity contribution in [1.29, 1.82) is 0 Å². The molecule has 0 spiro atoms. The number of carbonyl (C=O) groups excluding carboxylic acids is 1. The van der Waals surface area contributed by atoms with Crippen molar-refractivity contribution >= 4 is 21.6 Å². The smallest absolute Gasteiger partial charge is 0.280 e. The van der Waals surface area contributed by atoms with Crippen molar-refractivity contribution in [1.82, 2.24) is 19.4 Å². The van der Waals surface area contributed by atoms with E-state index >= 15 is 0 Å². The molecule has 1 aliphatic carbocycles. The second-order valence-corrected chi connectivity index (χ2v) is 11.8. The predicted octanol–water partition coefficient (Wildman–Crippen LogP) is 2.44. The molecule has 36 heavy (non-hydrogen) atoms. The highest BCUT2D eigenvalue weighted by molar-refractivity contribution is 7.92. The lowest BCUT2D eigenvalue weighted by Crippen LogP contribution is -2.47. The number of anilines is 1. The van der Waals surface area contributed by atoms with Crippen LogP contribution in [-0.4, -0.2) is 86.2 Å². The van der Waals surface area contributed by atoms with Gasteiger partial charge in [-0.05, 0) is 49.8 Å². The molecule has 1 N–H and O–H groups in total. The summed E-state index contributed by atoms with van der Waals surface area (Å²) in [6.45, 7) is 7.02. The Kier molecular flexibility index (Phi) is 7.91. The van der Waals surface area contributed by atoms with Crippen molar-refractivity contribution < 1.29 is 22.7 Å². The molecule has 0 bridgehead atoms. The monoisotopic (exact) mass is 519 g/mol. The number of fused-ring (bicyclic) bond motifs is 1. The third-order valence-electron chi connectivity index (χ3n) is 6.97. The van der Waals surface area contributed by atoms with Crippen LogP contribution in [0.2, 0.25) is 0 Å². The van der Waals surface area contributed by atoms with Crippen molar-refractivity contribution in [2.75, 3.05) is 45.1 Å². The van der Waals surface area contributed by atoms with Gasteiger partial charge in [0.15, 0.2) is 5.03 Å². The molecule has 4 rings (SSSR count). The first kappa shape index (κ1) is 26.4. The molecule has 11 heteroatoms. The quantitative estimate of drug-likeness (QED) is 0.625. The normalized spacial score (nSPS) is 24.4. The van der Waals surface area contributed by atoms with Crippen LogP contribution in [0.15, 0.2) is 35.7 Å². The largest absolute Gasteiger partial charge is 0.491 e. The Morgan fingerprint density at radius 2 is 1.94 bits per heavy atom. The van der Waals surface area contributed by atoms with Gasteiger partial charge in [0.05, 0.1) is 18.0 Å². The Bertz CT molecular complexity index is 1180. The van der Waals surface area contributed by atoms with Crippen LogP contribution in [0.25, 0.3) is 0 Å². The van der Waals surface area contributed by atoms with E-state index < -0.39 is 10.0 Å². The molecule has 1 saturated carbocycles. The number of hydrogen-bond acceptors (Lipinski definition) is 7. The number of benzene rings is 1. The van der Waals surface area contributed by atoms with Gasteiger partial charge in [-0.2, -0.15) is 8.42 Å². The summed E-state index contributed by atoms with van der Waals surface area (Å²) in [6, 6.07) is 4.92. The molecule has 0 saturated heterocycles. The van der Waals surface area contributed by atoms with Gasteiger partial charge in [0, 0.05) is 58.8 Å². The Labute approximate surface area is 213 Å². The fourth-order valence-corrected chi connectivity index (χ4v) is 5.57. The standard InChI is InChI=1S/C25H37N5O5S/c1-17-11-30(12-19-6-7-19)18(2)15-35-22-9-8-20(27-36(32,33)24-14-28(3)16-26-24)10-21(22)25(31)29(4)13-23(17)34-5/h8-10,14,16-19,23,27H,6-7,11-13,15H2,1-5H3/t17-,18-,23-/m1/s1. The summed E-state index contributed by atoms with van der Waals surface area (Å²) in [4.78, 5) is 21.5. The van der Waals surface area contributed by atoms with E-state index in [1.165, 1.54) is 31.4 Å². The Hall–Kier alpha value is -2.63. The molecule has 198 valence electrons. The molecule has 10 nitrogen and oxygen atoms in total. The van der Waals surface area contributed by atoms with Gasteiger partial charge in [-0.25, -0.2) is 4.98 Å². The number of rotatable bonds is 6. The van der Waals surface area contributed by atoms with Gasteiger partial charge in [-0.15, -0.1) is 0 Å². The first-order chi connectivity index (χ1) is 17.1. The van der Waals surface area contributed by atoms with Crippen LogP contribution >= 0.6 is 0 Å². The molecule has 0 radical (unpaired) electrons. The number of methoxy groups -OCH3 is 1. The van der Waals surface area contributed by atoms with Crippen molar-refractivity contribution in [3.8, 4) is 5.75 Å². The zero-order chi connectivity index (χ0) is 26.0. The van der Waals surface area contributed by atoms with Crippen LogP contribution in [0.4, 0.5) is 5.69 Å². The number of sulfonamides is 1. The van der Waals surface area contributed by atoms with E-state index in [0.717, 1.165) is 19.0 Å². The predicted molar refractivity (Wildman–Crippen MR) is 137 cm³/mol. The van der Waals surface area contributed by atoms with Gasteiger partial charge in [0.25, 0.3) is 15.9 Å². The minimum Gasteiger partial charge on any atom is -0.491 e. The summed E-state index contributed by atoms with van der Waals surface area (Å²) in [6.07, 6.45) is 5.23. The molecule has 0 unspecified atom stereocenters.